The van der Waals surface area contributed by atoms with Crippen LogP contribution in [0.3, 0.4) is 0 Å². The molecule has 1 aliphatic rings. The van der Waals surface area contributed by atoms with Gasteiger partial charge in [-0.15, -0.1) is 0 Å². The third-order valence-electron chi connectivity index (χ3n) is 3.03. The first-order chi connectivity index (χ1) is 9.06. The molecule has 0 saturated carbocycles. The van der Waals surface area contributed by atoms with Crippen molar-refractivity contribution in [3.63, 3.8) is 0 Å². The number of likely N-dealkylation sites (tertiary alicyclic amines) is 1. The lowest BCUT2D eigenvalue weighted by Crippen LogP contribution is -2.29. The maximum atomic E-state index is 12.1. The highest BCUT2D eigenvalue weighted by molar-refractivity contribution is 5.94. The second-order valence-electron chi connectivity index (χ2n) is 4.49. The fourth-order valence-corrected chi connectivity index (χ4v) is 2.01. The number of nitrogens with zero attached hydrogens (tertiary/aromatic N) is 1. The van der Waals surface area contributed by atoms with Gasteiger partial charge < -0.3 is 15.1 Å². The molecule has 100 valence electrons. The highest BCUT2D eigenvalue weighted by atomic mass is 16.4. The fourth-order valence-electron chi connectivity index (χ4n) is 2.01. The van der Waals surface area contributed by atoms with Crippen LogP contribution in [0.5, 0.6) is 0 Å². The highest BCUT2D eigenvalue weighted by Gasteiger charge is 2.25. The lowest BCUT2D eigenvalue weighted by Gasteiger charge is -2.15. The zero-order chi connectivity index (χ0) is 13.8. The summed E-state index contributed by atoms with van der Waals surface area (Å²) in [6.45, 7) is 0.945. The topological polar surface area (TPSA) is 77.8 Å². The molecule has 5 heteroatoms. The number of carbonyl (C=O) groups excluding carboxylic acids is 1. The molecule has 0 bridgehead atoms. The molecule has 1 saturated heterocycles. The number of aliphatic hydroxyl groups is 1. The number of carboxylic acid groups (broad SMARTS) is 1. The van der Waals surface area contributed by atoms with Crippen LogP contribution in [0.1, 0.15) is 22.3 Å². The van der Waals surface area contributed by atoms with Crippen molar-refractivity contribution in [1.29, 1.82) is 0 Å². The number of rotatable bonds is 3. The molecule has 1 aromatic rings. The number of hydrogen-bond acceptors (Lipinski definition) is 3. The molecular formula is C14H15NO4. The van der Waals surface area contributed by atoms with Crippen LogP contribution in [-0.4, -0.2) is 46.2 Å². The summed E-state index contributed by atoms with van der Waals surface area (Å²) in [6.07, 6.45) is 2.70. The first-order valence-electron chi connectivity index (χ1n) is 6.04. The summed E-state index contributed by atoms with van der Waals surface area (Å²) in [5.74, 6) is -1.11. The van der Waals surface area contributed by atoms with E-state index in [1.807, 2.05) is 0 Å². The number of aliphatic carboxylic acids is 1. The van der Waals surface area contributed by atoms with Gasteiger partial charge in [0.05, 0.1) is 6.10 Å². The molecule has 19 heavy (non-hydrogen) atoms. The number of hydrogen-bond donors (Lipinski definition) is 2. The molecule has 0 aromatic heterocycles. The minimum atomic E-state index is -1.01. The van der Waals surface area contributed by atoms with Gasteiger partial charge in [-0.05, 0) is 30.2 Å². The normalized spacial score (nSPS) is 19.0. The molecule has 1 unspecified atom stereocenters. The fraction of sp³-hybridized carbons (Fsp3) is 0.286. The molecule has 2 rings (SSSR count). The Kier molecular flexibility index (Phi) is 3.97. The Bertz CT molecular complexity index is 507. The Hall–Kier alpha value is -2.14. The molecule has 2 N–H and O–H groups in total. The second kappa shape index (κ2) is 5.67. The van der Waals surface area contributed by atoms with Gasteiger partial charge in [-0.1, -0.05) is 12.1 Å². The summed E-state index contributed by atoms with van der Waals surface area (Å²) in [7, 11) is 0. The largest absolute Gasteiger partial charge is 0.478 e. The number of carboxylic acids is 1. The van der Waals surface area contributed by atoms with Gasteiger partial charge in [0.15, 0.2) is 0 Å². The van der Waals surface area contributed by atoms with Crippen LogP contribution in [0, 0.1) is 0 Å². The van der Waals surface area contributed by atoms with E-state index in [2.05, 4.69) is 0 Å². The van der Waals surface area contributed by atoms with Crippen molar-refractivity contribution in [2.24, 2.45) is 0 Å². The van der Waals surface area contributed by atoms with Gasteiger partial charge in [-0.25, -0.2) is 4.79 Å². The van der Waals surface area contributed by atoms with Crippen molar-refractivity contribution in [3.05, 3.63) is 41.5 Å². The summed E-state index contributed by atoms with van der Waals surface area (Å²) < 4.78 is 0. The summed E-state index contributed by atoms with van der Waals surface area (Å²) >= 11 is 0. The number of amides is 1. The van der Waals surface area contributed by atoms with E-state index in [0.29, 0.717) is 25.1 Å². The molecule has 0 radical (unpaired) electrons. The number of aliphatic hydroxyl groups excluding tert-OH is 1. The molecule has 0 aliphatic carbocycles. The third kappa shape index (κ3) is 3.42. The maximum Gasteiger partial charge on any atom is 0.328 e. The summed E-state index contributed by atoms with van der Waals surface area (Å²) in [4.78, 5) is 24.1. The summed E-state index contributed by atoms with van der Waals surface area (Å²) in [5, 5.41) is 17.9. The van der Waals surface area contributed by atoms with Crippen LogP contribution in [0.4, 0.5) is 0 Å². The Morgan fingerprint density at radius 3 is 2.47 bits per heavy atom. The predicted octanol–water partition coefficient (Wildman–Crippen LogP) is 0.991. The van der Waals surface area contributed by atoms with Crippen molar-refractivity contribution in [2.75, 3.05) is 13.1 Å². The number of carbonyl (C=O) groups is 2. The van der Waals surface area contributed by atoms with E-state index < -0.39 is 12.1 Å². The molecule has 1 atom stereocenters. The van der Waals surface area contributed by atoms with E-state index in [-0.39, 0.29) is 5.91 Å². The number of β-amino-alcohol motifs (C(OH)–C–C–N with tert-alkyl or cyclic N) is 1. The van der Waals surface area contributed by atoms with E-state index in [9.17, 15) is 14.7 Å². The van der Waals surface area contributed by atoms with Gasteiger partial charge >= 0.3 is 5.97 Å². The quantitative estimate of drug-likeness (QED) is 0.795. The Labute approximate surface area is 110 Å². The van der Waals surface area contributed by atoms with Crippen molar-refractivity contribution in [1.82, 2.24) is 4.90 Å². The van der Waals surface area contributed by atoms with Crippen LogP contribution in [0.15, 0.2) is 30.3 Å². The van der Waals surface area contributed by atoms with Crippen molar-refractivity contribution >= 4 is 18.0 Å². The van der Waals surface area contributed by atoms with Gasteiger partial charge in [0.1, 0.15) is 0 Å². The average molecular weight is 261 g/mol. The van der Waals surface area contributed by atoms with Crippen molar-refractivity contribution in [3.8, 4) is 0 Å². The predicted molar refractivity (Wildman–Crippen MR) is 69.6 cm³/mol. The van der Waals surface area contributed by atoms with Crippen LogP contribution in [-0.2, 0) is 4.79 Å². The smallest absolute Gasteiger partial charge is 0.328 e. The molecule has 1 fully saturated rings. The first-order valence-corrected chi connectivity index (χ1v) is 6.04. The highest BCUT2D eigenvalue weighted by Crippen LogP contribution is 2.14. The zero-order valence-corrected chi connectivity index (χ0v) is 10.3. The van der Waals surface area contributed by atoms with E-state index >= 15 is 0 Å². The van der Waals surface area contributed by atoms with E-state index in [0.717, 1.165) is 11.6 Å². The minimum absolute atomic E-state index is 0.106. The van der Waals surface area contributed by atoms with E-state index in [1.54, 1.807) is 29.2 Å². The van der Waals surface area contributed by atoms with E-state index in [4.69, 9.17) is 5.11 Å². The van der Waals surface area contributed by atoms with Gasteiger partial charge in [0.2, 0.25) is 0 Å². The SMILES string of the molecule is O=C(O)C=Cc1ccc(C(=O)N2CCC(O)C2)cc1. The average Bonchev–Trinajstić information content (AvgIpc) is 2.83. The van der Waals surface area contributed by atoms with Crippen LogP contribution < -0.4 is 0 Å². The Morgan fingerprint density at radius 2 is 1.95 bits per heavy atom. The summed E-state index contributed by atoms with van der Waals surface area (Å²) in [6, 6.07) is 6.71. The molecule has 1 heterocycles. The lowest BCUT2D eigenvalue weighted by atomic mass is 10.1. The van der Waals surface area contributed by atoms with Crippen LogP contribution in [0.25, 0.3) is 6.08 Å². The molecule has 1 aromatic carbocycles. The Balaban J connectivity index is 2.06. The molecule has 0 spiro atoms. The van der Waals surface area contributed by atoms with Gasteiger partial charge in [0, 0.05) is 24.7 Å². The summed E-state index contributed by atoms with van der Waals surface area (Å²) in [5.41, 5.74) is 1.27. The van der Waals surface area contributed by atoms with Gasteiger partial charge in [-0.3, -0.25) is 4.79 Å². The lowest BCUT2D eigenvalue weighted by molar-refractivity contribution is -0.131. The number of benzene rings is 1. The molecule has 5 nitrogen and oxygen atoms in total. The molecule has 1 amide bonds. The van der Waals surface area contributed by atoms with Crippen LogP contribution >= 0.6 is 0 Å². The zero-order valence-electron chi connectivity index (χ0n) is 10.3. The van der Waals surface area contributed by atoms with Crippen LogP contribution in [0.2, 0.25) is 0 Å². The van der Waals surface area contributed by atoms with Crippen molar-refractivity contribution < 1.29 is 19.8 Å². The maximum absolute atomic E-state index is 12.1. The van der Waals surface area contributed by atoms with Crippen molar-refractivity contribution in [2.45, 2.75) is 12.5 Å². The first kappa shape index (κ1) is 13.3. The monoisotopic (exact) mass is 261 g/mol. The third-order valence-corrected chi connectivity index (χ3v) is 3.03. The second-order valence-corrected chi connectivity index (χ2v) is 4.49. The van der Waals surface area contributed by atoms with E-state index in [1.165, 1.54) is 6.08 Å². The Morgan fingerprint density at radius 1 is 1.26 bits per heavy atom. The molecule has 1 aliphatic heterocycles. The standard InChI is InChI=1S/C14H15NO4/c16-12-7-8-15(9-12)14(19)11-4-1-10(2-5-11)3-6-13(17)18/h1-6,12,16H,7-9H2,(H,17,18). The van der Waals surface area contributed by atoms with Gasteiger partial charge in [0.25, 0.3) is 5.91 Å². The molecular weight excluding hydrogens is 246 g/mol. The van der Waals surface area contributed by atoms with Gasteiger partial charge in [-0.2, -0.15) is 0 Å². The minimum Gasteiger partial charge on any atom is -0.478 e.